The van der Waals surface area contributed by atoms with E-state index in [1.54, 1.807) is 6.07 Å². The summed E-state index contributed by atoms with van der Waals surface area (Å²) in [6.45, 7) is 3.20. The van der Waals surface area contributed by atoms with Gasteiger partial charge in [0, 0.05) is 6.04 Å². The second kappa shape index (κ2) is 4.80. The second-order valence-electron chi connectivity index (χ2n) is 3.55. The Bertz CT molecular complexity index is 314. The predicted octanol–water partition coefficient (Wildman–Crippen LogP) is 2.57. The molecule has 1 atom stereocenters. The molecule has 0 fully saturated rings. The monoisotopic (exact) mass is 257 g/mol. The Hall–Kier alpha value is -0.540. The molecule has 0 saturated heterocycles. The van der Waals surface area contributed by atoms with Gasteiger partial charge in [0.1, 0.15) is 5.75 Å². The Balaban J connectivity index is 0.000000980. The average molecular weight is 258 g/mol. The van der Waals surface area contributed by atoms with E-state index in [2.05, 4.69) is 12.2 Å². The van der Waals surface area contributed by atoms with Gasteiger partial charge in [0.2, 0.25) is 0 Å². The maximum absolute atomic E-state index is 9.33. The molecule has 0 bridgehead atoms. The van der Waals surface area contributed by atoms with Gasteiger partial charge in [-0.2, -0.15) is 0 Å². The number of fused-ring (bicyclic) bond motifs is 1. The van der Waals surface area contributed by atoms with Crippen molar-refractivity contribution in [3.8, 4) is 5.75 Å². The number of hydrogen-bond acceptors (Lipinski definition) is 2. The lowest BCUT2D eigenvalue weighted by Gasteiger charge is -2.25. The van der Waals surface area contributed by atoms with Crippen molar-refractivity contribution in [3.63, 3.8) is 0 Å². The van der Waals surface area contributed by atoms with Gasteiger partial charge < -0.3 is 10.4 Å². The number of halogens is 1. The van der Waals surface area contributed by atoms with Crippen molar-refractivity contribution in [1.82, 2.24) is 5.32 Å². The van der Waals surface area contributed by atoms with Gasteiger partial charge in [-0.1, -0.05) is 13.0 Å². The molecule has 3 heteroatoms. The molecule has 78 valence electrons. The Labute approximate surface area is 95.1 Å². The van der Waals surface area contributed by atoms with Gasteiger partial charge >= 0.3 is 0 Å². The van der Waals surface area contributed by atoms with Crippen LogP contribution in [0.3, 0.4) is 0 Å². The second-order valence-corrected chi connectivity index (χ2v) is 3.55. The fourth-order valence-electron chi connectivity index (χ4n) is 2.00. The number of phenolic OH excluding ortho intramolecular Hbond substituents is 1. The Morgan fingerprint density at radius 3 is 3.00 bits per heavy atom. The summed E-state index contributed by atoms with van der Waals surface area (Å²) in [5.41, 5.74) is 2.65. The third-order valence-corrected chi connectivity index (χ3v) is 2.70. The van der Waals surface area contributed by atoms with Crippen LogP contribution >= 0.6 is 17.0 Å². The SMILES string of the molecule is Br.CCC1NCCc2cc(O)ccc21. The highest BCUT2D eigenvalue weighted by Gasteiger charge is 2.17. The van der Waals surface area contributed by atoms with Crippen LogP contribution in [0.15, 0.2) is 18.2 Å². The van der Waals surface area contributed by atoms with E-state index < -0.39 is 0 Å². The summed E-state index contributed by atoms with van der Waals surface area (Å²) in [7, 11) is 0. The van der Waals surface area contributed by atoms with Crippen molar-refractivity contribution in [3.05, 3.63) is 29.3 Å². The maximum Gasteiger partial charge on any atom is 0.115 e. The van der Waals surface area contributed by atoms with Gasteiger partial charge in [-0.05, 0) is 42.6 Å². The first kappa shape index (κ1) is 11.5. The number of benzene rings is 1. The molecule has 0 saturated carbocycles. The quantitative estimate of drug-likeness (QED) is 0.811. The number of nitrogens with one attached hydrogen (secondary N) is 1. The van der Waals surface area contributed by atoms with E-state index in [0.717, 1.165) is 19.4 Å². The van der Waals surface area contributed by atoms with E-state index in [1.807, 2.05) is 12.1 Å². The zero-order valence-corrected chi connectivity index (χ0v) is 10.00. The minimum absolute atomic E-state index is 0. The molecule has 2 rings (SSSR count). The molecule has 1 aliphatic rings. The van der Waals surface area contributed by atoms with Crippen molar-refractivity contribution in [2.75, 3.05) is 6.54 Å². The highest BCUT2D eigenvalue weighted by Crippen LogP contribution is 2.27. The summed E-state index contributed by atoms with van der Waals surface area (Å²) in [6, 6.07) is 6.17. The summed E-state index contributed by atoms with van der Waals surface area (Å²) < 4.78 is 0. The van der Waals surface area contributed by atoms with Gasteiger partial charge in [-0.15, -0.1) is 17.0 Å². The van der Waals surface area contributed by atoms with E-state index in [4.69, 9.17) is 0 Å². The summed E-state index contributed by atoms with van der Waals surface area (Å²) in [6.07, 6.45) is 2.14. The van der Waals surface area contributed by atoms with Crippen LogP contribution in [-0.2, 0) is 6.42 Å². The van der Waals surface area contributed by atoms with E-state index in [0.29, 0.717) is 11.8 Å². The summed E-state index contributed by atoms with van der Waals surface area (Å²) in [5.74, 6) is 0.385. The molecular weight excluding hydrogens is 242 g/mol. The fourth-order valence-corrected chi connectivity index (χ4v) is 2.00. The molecule has 14 heavy (non-hydrogen) atoms. The topological polar surface area (TPSA) is 32.3 Å². The molecule has 1 aliphatic heterocycles. The smallest absolute Gasteiger partial charge is 0.115 e. The largest absolute Gasteiger partial charge is 0.508 e. The average Bonchev–Trinajstić information content (AvgIpc) is 2.16. The lowest BCUT2D eigenvalue weighted by molar-refractivity contribution is 0.464. The van der Waals surface area contributed by atoms with Crippen molar-refractivity contribution in [1.29, 1.82) is 0 Å². The van der Waals surface area contributed by atoms with Crippen LogP contribution in [-0.4, -0.2) is 11.7 Å². The molecule has 2 nitrogen and oxygen atoms in total. The molecule has 0 radical (unpaired) electrons. The molecule has 0 aliphatic carbocycles. The van der Waals surface area contributed by atoms with Gasteiger partial charge in [-0.25, -0.2) is 0 Å². The first-order valence-electron chi connectivity index (χ1n) is 4.86. The lowest BCUT2D eigenvalue weighted by atomic mass is 9.93. The van der Waals surface area contributed by atoms with Crippen molar-refractivity contribution in [2.24, 2.45) is 0 Å². The van der Waals surface area contributed by atoms with Crippen LogP contribution in [0.4, 0.5) is 0 Å². The summed E-state index contributed by atoms with van der Waals surface area (Å²) >= 11 is 0. The third kappa shape index (κ3) is 2.10. The van der Waals surface area contributed by atoms with E-state index >= 15 is 0 Å². The van der Waals surface area contributed by atoms with Crippen LogP contribution in [0.1, 0.15) is 30.5 Å². The molecule has 0 amide bonds. The van der Waals surface area contributed by atoms with Crippen LogP contribution in [0.25, 0.3) is 0 Å². The highest BCUT2D eigenvalue weighted by molar-refractivity contribution is 8.93. The van der Waals surface area contributed by atoms with Crippen molar-refractivity contribution < 1.29 is 5.11 Å². The maximum atomic E-state index is 9.33. The predicted molar refractivity (Wildman–Crippen MR) is 63.2 cm³/mol. The zero-order valence-electron chi connectivity index (χ0n) is 8.29. The van der Waals surface area contributed by atoms with E-state index in [9.17, 15) is 5.11 Å². The number of phenols is 1. The van der Waals surface area contributed by atoms with Crippen molar-refractivity contribution in [2.45, 2.75) is 25.8 Å². The number of hydrogen-bond donors (Lipinski definition) is 2. The van der Waals surface area contributed by atoms with Gasteiger partial charge in [0.15, 0.2) is 0 Å². The van der Waals surface area contributed by atoms with Crippen LogP contribution < -0.4 is 5.32 Å². The number of rotatable bonds is 1. The Kier molecular flexibility index (Phi) is 3.96. The molecule has 1 heterocycles. The molecule has 2 N–H and O–H groups in total. The highest BCUT2D eigenvalue weighted by atomic mass is 79.9. The minimum atomic E-state index is 0. The molecule has 0 spiro atoms. The fraction of sp³-hybridized carbons (Fsp3) is 0.455. The standard InChI is InChI=1S/C11H15NO.BrH/c1-2-11-10-4-3-9(13)7-8(10)5-6-12-11;/h3-4,7,11-13H,2,5-6H2,1H3;1H. The minimum Gasteiger partial charge on any atom is -0.508 e. The third-order valence-electron chi connectivity index (χ3n) is 2.70. The molecular formula is C11H16BrNO. The Morgan fingerprint density at radius 2 is 2.29 bits per heavy atom. The molecule has 1 unspecified atom stereocenters. The van der Waals surface area contributed by atoms with E-state index in [-0.39, 0.29) is 17.0 Å². The molecule has 1 aromatic carbocycles. The molecule has 1 aromatic rings. The van der Waals surface area contributed by atoms with Crippen molar-refractivity contribution >= 4 is 17.0 Å². The zero-order chi connectivity index (χ0) is 9.26. The van der Waals surface area contributed by atoms with Crippen LogP contribution in [0, 0.1) is 0 Å². The normalized spacial score (nSPS) is 19.6. The first-order chi connectivity index (χ1) is 6.31. The lowest BCUT2D eigenvalue weighted by Crippen LogP contribution is -2.29. The number of aromatic hydroxyl groups is 1. The summed E-state index contributed by atoms with van der Waals surface area (Å²) in [5, 5.41) is 12.8. The van der Waals surface area contributed by atoms with Gasteiger partial charge in [0.05, 0.1) is 0 Å². The van der Waals surface area contributed by atoms with E-state index in [1.165, 1.54) is 11.1 Å². The van der Waals surface area contributed by atoms with Crippen LogP contribution in [0.2, 0.25) is 0 Å². The molecule has 0 aromatic heterocycles. The first-order valence-corrected chi connectivity index (χ1v) is 4.86. The Morgan fingerprint density at radius 1 is 1.50 bits per heavy atom. The summed E-state index contributed by atoms with van der Waals surface area (Å²) in [4.78, 5) is 0. The van der Waals surface area contributed by atoms with Crippen LogP contribution in [0.5, 0.6) is 5.75 Å². The van der Waals surface area contributed by atoms with Gasteiger partial charge in [-0.3, -0.25) is 0 Å². The van der Waals surface area contributed by atoms with Gasteiger partial charge in [0.25, 0.3) is 0 Å².